The van der Waals surface area contributed by atoms with Crippen LogP contribution in [0.25, 0.3) is 0 Å². The van der Waals surface area contributed by atoms with Crippen molar-refractivity contribution in [2.24, 2.45) is 52.3 Å². The van der Waals surface area contributed by atoms with E-state index in [2.05, 4.69) is 41.5 Å². The Morgan fingerprint density at radius 1 is 0.743 bits per heavy atom. The molecule has 0 aromatic rings. The second-order valence-corrected chi connectivity index (χ2v) is 14.9. The maximum Gasteiger partial charge on any atom is 0.0578 e. The van der Waals surface area contributed by atoms with Crippen molar-refractivity contribution in [2.75, 3.05) is 6.61 Å². The largest absolute Gasteiger partial charge is 0.378 e. The van der Waals surface area contributed by atoms with Crippen molar-refractivity contribution in [3.05, 3.63) is 0 Å². The van der Waals surface area contributed by atoms with Crippen LogP contribution in [0.1, 0.15) is 151 Å². The quantitative estimate of drug-likeness (QED) is 0.249. The van der Waals surface area contributed by atoms with Gasteiger partial charge < -0.3 is 4.74 Å². The van der Waals surface area contributed by atoms with Gasteiger partial charge in [0.05, 0.1) is 6.10 Å². The zero-order valence-corrected chi connectivity index (χ0v) is 24.8. The Labute approximate surface area is 220 Å². The third-order valence-electron chi connectivity index (χ3n) is 12.4. The summed E-state index contributed by atoms with van der Waals surface area (Å²) in [5.41, 5.74) is 1.24. The normalized spacial score (nSPS) is 41.9. The maximum absolute atomic E-state index is 6.47. The molecule has 1 heteroatoms. The minimum Gasteiger partial charge on any atom is -0.378 e. The lowest BCUT2D eigenvalue weighted by atomic mass is 9.44. The number of hydrogen-bond donors (Lipinski definition) is 0. The number of unbranched alkanes of at least 4 members (excludes halogenated alkanes) is 4. The summed E-state index contributed by atoms with van der Waals surface area (Å²) in [5, 5.41) is 0. The lowest BCUT2D eigenvalue weighted by Gasteiger charge is -2.61. The van der Waals surface area contributed by atoms with E-state index < -0.39 is 0 Å². The van der Waals surface area contributed by atoms with Gasteiger partial charge in [-0.05, 0) is 116 Å². The van der Waals surface area contributed by atoms with Crippen molar-refractivity contribution < 1.29 is 4.74 Å². The van der Waals surface area contributed by atoms with Crippen LogP contribution in [0, 0.1) is 52.3 Å². The van der Waals surface area contributed by atoms with Crippen LogP contribution in [-0.4, -0.2) is 12.7 Å². The molecule has 4 aliphatic carbocycles. The Balaban J connectivity index is 1.31. The van der Waals surface area contributed by atoms with Crippen LogP contribution < -0.4 is 0 Å². The standard InChI is InChI=1S/C34H62O/c1-7-8-9-10-11-23-35-28-19-21-33(5)27(24-28)15-16-29-31-18-17-30(26(4)14-12-13-25(2)3)34(31,6)22-20-32(29)33/h25-32H,7-24H2,1-6H3/t26-,27+,28+,29+,30-,31+,32+,33+,34-/m1/s1. The van der Waals surface area contributed by atoms with Crippen LogP contribution >= 0.6 is 0 Å². The van der Waals surface area contributed by atoms with Crippen LogP contribution in [0.4, 0.5) is 0 Å². The Morgan fingerprint density at radius 2 is 1.49 bits per heavy atom. The highest BCUT2D eigenvalue weighted by Gasteiger charge is 2.60. The van der Waals surface area contributed by atoms with Crippen LogP contribution in [0.3, 0.4) is 0 Å². The molecule has 0 saturated heterocycles. The van der Waals surface area contributed by atoms with Gasteiger partial charge in [0.1, 0.15) is 0 Å². The third kappa shape index (κ3) is 6.01. The van der Waals surface area contributed by atoms with Crippen LogP contribution in [-0.2, 0) is 4.74 Å². The van der Waals surface area contributed by atoms with Gasteiger partial charge in [-0.2, -0.15) is 0 Å². The van der Waals surface area contributed by atoms with Crippen molar-refractivity contribution >= 4 is 0 Å². The van der Waals surface area contributed by atoms with Crippen molar-refractivity contribution in [3.63, 3.8) is 0 Å². The SMILES string of the molecule is CCCCCCCO[C@H]1CC[C@@]2(C)[C@@H](CC[C@@H]3[C@@H]2CC[C@]2(C)[C@@H]([C@H](C)CCCC(C)C)CC[C@@H]32)C1. The average Bonchev–Trinajstić information content (AvgIpc) is 3.18. The van der Waals surface area contributed by atoms with E-state index >= 15 is 0 Å². The van der Waals surface area contributed by atoms with E-state index in [4.69, 9.17) is 4.74 Å². The number of ether oxygens (including phenoxy) is 1. The third-order valence-corrected chi connectivity index (χ3v) is 12.4. The van der Waals surface area contributed by atoms with E-state index in [1.54, 1.807) is 6.42 Å². The van der Waals surface area contributed by atoms with E-state index in [-0.39, 0.29) is 0 Å². The Morgan fingerprint density at radius 3 is 2.26 bits per heavy atom. The molecule has 35 heavy (non-hydrogen) atoms. The molecule has 9 atom stereocenters. The molecule has 4 aliphatic rings. The van der Waals surface area contributed by atoms with E-state index in [9.17, 15) is 0 Å². The number of hydrogen-bond acceptors (Lipinski definition) is 1. The summed E-state index contributed by atoms with van der Waals surface area (Å²) in [7, 11) is 0. The number of fused-ring (bicyclic) bond motifs is 5. The van der Waals surface area contributed by atoms with E-state index in [1.807, 2.05) is 0 Å². The average molecular weight is 487 g/mol. The molecule has 0 heterocycles. The summed E-state index contributed by atoms with van der Waals surface area (Å²) in [6.07, 6.45) is 25.0. The van der Waals surface area contributed by atoms with Gasteiger partial charge in [-0.25, -0.2) is 0 Å². The summed E-state index contributed by atoms with van der Waals surface area (Å²) in [6.45, 7) is 16.2. The molecule has 0 unspecified atom stereocenters. The molecule has 4 fully saturated rings. The topological polar surface area (TPSA) is 9.23 Å². The summed E-state index contributed by atoms with van der Waals surface area (Å²) in [5.74, 6) is 6.78. The smallest absolute Gasteiger partial charge is 0.0578 e. The predicted octanol–water partition coefficient (Wildman–Crippen LogP) is 10.5. The molecular formula is C34H62O. The molecule has 0 spiro atoms. The van der Waals surface area contributed by atoms with Gasteiger partial charge in [-0.15, -0.1) is 0 Å². The Bertz CT molecular complexity index is 641. The first kappa shape index (κ1) is 28.0. The lowest BCUT2D eigenvalue weighted by molar-refractivity contribution is -0.136. The zero-order chi connectivity index (χ0) is 25.1. The molecule has 4 saturated carbocycles. The highest BCUT2D eigenvalue weighted by molar-refractivity contribution is 5.09. The highest BCUT2D eigenvalue weighted by Crippen LogP contribution is 2.68. The molecule has 0 aromatic heterocycles. The molecule has 0 aromatic carbocycles. The molecule has 204 valence electrons. The maximum atomic E-state index is 6.47. The van der Waals surface area contributed by atoms with Gasteiger partial charge in [-0.3, -0.25) is 0 Å². The van der Waals surface area contributed by atoms with E-state index in [0.717, 1.165) is 48.0 Å². The molecule has 1 nitrogen and oxygen atoms in total. The summed E-state index contributed by atoms with van der Waals surface area (Å²) < 4.78 is 6.47. The lowest BCUT2D eigenvalue weighted by Crippen LogP contribution is -2.54. The molecule has 0 aliphatic heterocycles. The molecule has 0 amide bonds. The fourth-order valence-electron chi connectivity index (χ4n) is 10.4. The second kappa shape index (κ2) is 12.2. The molecule has 0 bridgehead atoms. The first-order valence-corrected chi connectivity index (χ1v) is 16.4. The fourth-order valence-corrected chi connectivity index (χ4v) is 10.4. The number of rotatable bonds is 12. The Kier molecular flexibility index (Phi) is 9.76. The van der Waals surface area contributed by atoms with Gasteiger partial charge >= 0.3 is 0 Å². The molecule has 4 rings (SSSR count). The van der Waals surface area contributed by atoms with Crippen molar-refractivity contribution in [1.29, 1.82) is 0 Å². The van der Waals surface area contributed by atoms with Crippen LogP contribution in [0.15, 0.2) is 0 Å². The minimum atomic E-state index is 0.562. The molecule has 0 radical (unpaired) electrons. The molecule has 0 N–H and O–H groups in total. The van der Waals surface area contributed by atoms with E-state index in [0.29, 0.717) is 16.9 Å². The monoisotopic (exact) mass is 486 g/mol. The van der Waals surface area contributed by atoms with E-state index in [1.165, 1.54) is 103 Å². The second-order valence-electron chi connectivity index (χ2n) is 14.9. The zero-order valence-electron chi connectivity index (χ0n) is 24.8. The highest BCUT2D eigenvalue weighted by atomic mass is 16.5. The molecular weight excluding hydrogens is 424 g/mol. The van der Waals surface area contributed by atoms with Gasteiger partial charge in [0, 0.05) is 6.61 Å². The fraction of sp³-hybridized carbons (Fsp3) is 1.00. The van der Waals surface area contributed by atoms with Gasteiger partial charge in [0.15, 0.2) is 0 Å². The van der Waals surface area contributed by atoms with Gasteiger partial charge in [0.25, 0.3) is 0 Å². The van der Waals surface area contributed by atoms with Crippen molar-refractivity contribution in [2.45, 2.75) is 157 Å². The van der Waals surface area contributed by atoms with Gasteiger partial charge in [0.2, 0.25) is 0 Å². The van der Waals surface area contributed by atoms with Gasteiger partial charge in [-0.1, -0.05) is 86.5 Å². The summed E-state index contributed by atoms with van der Waals surface area (Å²) >= 11 is 0. The van der Waals surface area contributed by atoms with Crippen LogP contribution in [0.2, 0.25) is 0 Å². The first-order chi connectivity index (χ1) is 16.8. The first-order valence-electron chi connectivity index (χ1n) is 16.4. The van der Waals surface area contributed by atoms with Crippen LogP contribution in [0.5, 0.6) is 0 Å². The summed E-state index contributed by atoms with van der Waals surface area (Å²) in [6, 6.07) is 0. The van der Waals surface area contributed by atoms with Crippen molar-refractivity contribution in [1.82, 2.24) is 0 Å². The minimum absolute atomic E-state index is 0.562. The summed E-state index contributed by atoms with van der Waals surface area (Å²) in [4.78, 5) is 0. The van der Waals surface area contributed by atoms with Crippen molar-refractivity contribution in [3.8, 4) is 0 Å². The predicted molar refractivity (Wildman–Crippen MR) is 152 cm³/mol. The Hall–Kier alpha value is -0.0400.